The highest BCUT2D eigenvalue weighted by Gasteiger charge is 2.21. The standard InChI is InChI=1S/C22H22FN5O3/c1-3-27(13-21(30)26-18-8-6-17(7-9-18)25-15(2)29)22(31)20-12-24-14-28(20)19-10-4-16(23)5-11-19/h4-12,14H,3,13H2,1-2H3,(H,25,29)(H,26,30). The van der Waals surface area contributed by atoms with Gasteiger partial charge in [0, 0.05) is 30.5 Å². The first kappa shape index (κ1) is 21.7. The minimum atomic E-state index is -0.381. The summed E-state index contributed by atoms with van der Waals surface area (Å²) in [5.74, 6) is -1.31. The molecule has 9 heteroatoms. The lowest BCUT2D eigenvalue weighted by Crippen LogP contribution is -2.38. The van der Waals surface area contributed by atoms with E-state index >= 15 is 0 Å². The summed E-state index contributed by atoms with van der Waals surface area (Å²) >= 11 is 0. The number of aromatic nitrogens is 2. The van der Waals surface area contributed by atoms with Gasteiger partial charge in [-0.25, -0.2) is 9.37 Å². The molecule has 0 spiro atoms. The normalized spacial score (nSPS) is 10.4. The fraction of sp³-hybridized carbons (Fsp3) is 0.182. The number of hydrogen-bond donors (Lipinski definition) is 2. The van der Waals surface area contributed by atoms with E-state index in [-0.39, 0.29) is 35.8 Å². The fourth-order valence-electron chi connectivity index (χ4n) is 2.96. The van der Waals surface area contributed by atoms with Crippen molar-refractivity contribution in [1.82, 2.24) is 14.5 Å². The average molecular weight is 423 g/mol. The van der Waals surface area contributed by atoms with Gasteiger partial charge in [0.2, 0.25) is 11.8 Å². The summed E-state index contributed by atoms with van der Waals surface area (Å²) in [6.45, 7) is 3.33. The lowest BCUT2D eigenvalue weighted by molar-refractivity contribution is -0.117. The van der Waals surface area contributed by atoms with Gasteiger partial charge in [-0.15, -0.1) is 0 Å². The average Bonchev–Trinajstić information content (AvgIpc) is 3.23. The molecule has 3 amide bonds. The number of nitrogens with one attached hydrogen (secondary N) is 2. The van der Waals surface area contributed by atoms with E-state index in [4.69, 9.17) is 0 Å². The van der Waals surface area contributed by atoms with Crippen LogP contribution in [0.5, 0.6) is 0 Å². The molecule has 1 heterocycles. The predicted molar refractivity (Wildman–Crippen MR) is 114 cm³/mol. The maximum absolute atomic E-state index is 13.2. The van der Waals surface area contributed by atoms with E-state index in [9.17, 15) is 18.8 Å². The molecule has 3 rings (SSSR count). The second-order valence-electron chi connectivity index (χ2n) is 6.75. The highest BCUT2D eigenvalue weighted by atomic mass is 19.1. The van der Waals surface area contributed by atoms with Gasteiger partial charge in [0.15, 0.2) is 0 Å². The van der Waals surface area contributed by atoms with Crippen LogP contribution < -0.4 is 10.6 Å². The zero-order chi connectivity index (χ0) is 22.4. The largest absolute Gasteiger partial charge is 0.328 e. The van der Waals surface area contributed by atoms with Crippen molar-refractivity contribution in [3.8, 4) is 5.69 Å². The van der Waals surface area contributed by atoms with Crippen molar-refractivity contribution in [2.75, 3.05) is 23.7 Å². The maximum atomic E-state index is 13.2. The molecule has 1 aromatic heterocycles. The number of carbonyl (C=O) groups is 3. The second kappa shape index (κ2) is 9.66. The Kier molecular flexibility index (Phi) is 6.76. The Morgan fingerprint density at radius 2 is 1.61 bits per heavy atom. The molecule has 8 nitrogen and oxygen atoms in total. The molecule has 2 N–H and O–H groups in total. The summed E-state index contributed by atoms with van der Waals surface area (Å²) in [6.07, 6.45) is 2.87. The summed E-state index contributed by atoms with van der Waals surface area (Å²) in [5.41, 5.74) is 2.01. The van der Waals surface area contributed by atoms with Gasteiger partial charge >= 0.3 is 0 Å². The molecule has 0 aliphatic heterocycles. The van der Waals surface area contributed by atoms with E-state index < -0.39 is 0 Å². The van der Waals surface area contributed by atoms with Crippen LogP contribution in [0.2, 0.25) is 0 Å². The van der Waals surface area contributed by atoms with Crippen molar-refractivity contribution in [2.45, 2.75) is 13.8 Å². The quantitative estimate of drug-likeness (QED) is 0.610. The highest BCUT2D eigenvalue weighted by Crippen LogP contribution is 2.16. The molecule has 0 bridgehead atoms. The van der Waals surface area contributed by atoms with Crippen LogP contribution in [0.15, 0.2) is 61.1 Å². The predicted octanol–water partition coefficient (Wildman–Crippen LogP) is 3.07. The molecule has 2 aromatic carbocycles. The van der Waals surface area contributed by atoms with E-state index in [2.05, 4.69) is 15.6 Å². The monoisotopic (exact) mass is 423 g/mol. The maximum Gasteiger partial charge on any atom is 0.272 e. The Labute approximate surface area is 178 Å². The number of amides is 3. The first-order chi connectivity index (χ1) is 14.9. The highest BCUT2D eigenvalue weighted by molar-refractivity contribution is 5.99. The molecule has 160 valence electrons. The van der Waals surface area contributed by atoms with Gasteiger partial charge in [0.05, 0.1) is 12.5 Å². The van der Waals surface area contributed by atoms with Gasteiger partial charge in [-0.2, -0.15) is 0 Å². The minimum Gasteiger partial charge on any atom is -0.328 e. The Hall–Kier alpha value is -4.01. The van der Waals surface area contributed by atoms with Crippen LogP contribution in [0, 0.1) is 5.82 Å². The number of imidazole rings is 1. The minimum absolute atomic E-state index is 0.155. The van der Waals surface area contributed by atoms with Gasteiger partial charge in [-0.05, 0) is 55.5 Å². The first-order valence-electron chi connectivity index (χ1n) is 9.62. The van der Waals surface area contributed by atoms with E-state index in [0.29, 0.717) is 23.6 Å². The SMILES string of the molecule is CCN(CC(=O)Nc1ccc(NC(C)=O)cc1)C(=O)c1cncn1-c1ccc(F)cc1. The van der Waals surface area contributed by atoms with Gasteiger partial charge in [-0.1, -0.05) is 0 Å². The van der Waals surface area contributed by atoms with Crippen molar-refractivity contribution in [1.29, 1.82) is 0 Å². The van der Waals surface area contributed by atoms with Crippen molar-refractivity contribution >= 4 is 29.1 Å². The topological polar surface area (TPSA) is 96.3 Å². The van der Waals surface area contributed by atoms with Gasteiger partial charge < -0.3 is 15.5 Å². The van der Waals surface area contributed by atoms with Gasteiger partial charge in [0.25, 0.3) is 5.91 Å². The number of likely N-dealkylation sites (N-methyl/N-ethyl adjacent to an activating group) is 1. The molecular formula is C22H22FN5O3. The smallest absolute Gasteiger partial charge is 0.272 e. The lowest BCUT2D eigenvalue weighted by atomic mass is 10.2. The van der Waals surface area contributed by atoms with Crippen LogP contribution in [0.25, 0.3) is 5.69 Å². The third kappa shape index (κ3) is 5.53. The van der Waals surface area contributed by atoms with Crippen LogP contribution in [0.3, 0.4) is 0 Å². The Balaban J connectivity index is 1.68. The van der Waals surface area contributed by atoms with Crippen molar-refractivity contribution < 1.29 is 18.8 Å². The number of hydrogen-bond acceptors (Lipinski definition) is 4. The number of halogens is 1. The summed E-state index contributed by atoms with van der Waals surface area (Å²) in [5, 5.41) is 5.38. The summed E-state index contributed by atoms with van der Waals surface area (Å²) in [4.78, 5) is 42.0. The van der Waals surface area contributed by atoms with Crippen molar-refractivity contribution in [3.63, 3.8) is 0 Å². The number of carbonyl (C=O) groups excluding carboxylic acids is 3. The third-order valence-electron chi connectivity index (χ3n) is 4.45. The lowest BCUT2D eigenvalue weighted by Gasteiger charge is -2.21. The van der Waals surface area contributed by atoms with Crippen LogP contribution >= 0.6 is 0 Å². The summed E-state index contributed by atoms with van der Waals surface area (Å²) in [6, 6.07) is 12.3. The van der Waals surface area contributed by atoms with Crippen LogP contribution in [0.4, 0.5) is 15.8 Å². The molecular weight excluding hydrogens is 401 g/mol. The number of anilines is 2. The molecule has 0 saturated carbocycles. The third-order valence-corrected chi connectivity index (χ3v) is 4.45. The molecule has 3 aromatic rings. The number of rotatable bonds is 7. The zero-order valence-corrected chi connectivity index (χ0v) is 17.1. The fourth-order valence-corrected chi connectivity index (χ4v) is 2.96. The molecule has 31 heavy (non-hydrogen) atoms. The Morgan fingerprint density at radius 3 is 2.19 bits per heavy atom. The van der Waals surface area contributed by atoms with E-state index in [1.165, 1.54) is 36.5 Å². The molecule has 0 atom stereocenters. The summed E-state index contributed by atoms with van der Waals surface area (Å²) in [7, 11) is 0. The molecule has 0 fully saturated rings. The molecule has 0 aliphatic rings. The van der Waals surface area contributed by atoms with Crippen LogP contribution in [0.1, 0.15) is 24.3 Å². The number of nitrogens with zero attached hydrogens (tertiary/aromatic N) is 3. The van der Waals surface area contributed by atoms with E-state index in [1.54, 1.807) is 47.9 Å². The molecule has 0 radical (unpaired) electrons. The van der Waals surface area contributed by atoms with Crippen LogP contribution in [-0.2, 0) is 9.59 Å². The molecule has 0 unspecified atom stereocenters. The van der Waals surface area contributed by atoms with Gasteiger partial charge in [-0.3, -0.25) is 19.0 Å². The van der Waals surface area contributed by atoms with Crippen molar-refractivity contribution in [2.24, 2.45) is 0 Å². The Bertz CT molecular complexity index is 1080. The van der Waals surface area contributed by atoms with E-state index in [0.717, 1.165) is 0 Å². The first-order valence-corrected chi connectivity index (χ1v) is 9.62. The number of benzene rings is 2. The van der Waals surface area contributed by atoms with Crippen LogP contribution in [-0.4, -0.2) is 45.3 Å². The molecule has 0 saturated heterocycles. The second-order valence-corrected chi connectivity index (χ2v) is 6.75. The summed E-state index contributed by atoms with van der Waals surface area (Å²) < 4.78 is 14.8. The van der Waals surface area contributed by atoms with E-state index in [1.807, 2.05) is 0 Å². The van der Waals surface area contributed by atoms with Gasteiger partial charge in [0.1, 0.15) is 18.1 Å². The molecule has 0 aliphatic carbocycles. The van der Waals surface area contributed by atoms with Crippen molar-refractivity contribution in [3.05, 3.63) is 72.6 Å². The zero-order valence-electron chi connectivity index (χ0n) is 17.1. The Morgan fingerprint density at radius 1 is 1.00 bits per heavy atom.